The maximum atomic E-state index is 9.15. The largest absolute Gasteiger partial charge is 0.392 e. The molecule has 100 valence electrons. The van der Waals surface area contributed by atoms with Gasteiger partial charge in [0.2, 0.25) is 0 Å². The summed E-state index contributed by atoms with van der Waals surface area (Å²) < 4.78 is 0. The molecule has 0 spiro atoms. The molecule has 0 unspecified atom stereocenters. The summed E-state index contributed by atoms with van der Waals surface area (Å²) in [6.07, 6.45) is 0. The minimum Gasteiger partial charge on any atom is -0.392 e. The summed E-state index contributed by atoms with van der Waals surface area (Å²) in [6, 6.07) is 11.6. The number of halogens is 1. The Morgan fingerprint density at radius 1 is 1.16 bits per heavy atom. The monoisotopic (exact) mass is 276 g/mol. The van der Waals surface area contributed by atoms with Gasteiger partial charge in [0.05, 0.1) is 6.61 Å². The molecule has 3 nitrogen and oxygen atoms in total. The molecule has 19 heavy (non-hydrogen) atoms. The number of aliphatic hydroxyl groups is 1. The van der Waals surface area contributed by atoms with Crippen LogP contribution in [-0.2, 0) is 13.2 Å². The molecule has 0 saturated heterocycles. The van der Waals surface area contributed by atoms with Crippen LogP contribution in [-0.4, -0.2) is 17.1 Å². The SMILES string of the molecule is Cc1nc(N(C)Cc2ccccc2Cl)ccc1CO. The van der Waals surface area contributed by atoms with Crippen LogP contribution in [0.25, 0.3) is 0 Å². The Balaban J connectivity index is 2.18. The number of anilines is 1. The molecule has 0 fully saturated rings. The summed E-state index contributed by atoms with van der Waals surface area (Å²) in [4.78, 5) is 6.53. The average Bonchev–Trinajstić information content (AvgIpc) is 2.41. The van der Waals surface area contributed by atoms with Gasteiger partial charge >= 0.3 is 0 Å². The van der Waals surface area contributed by atoms with Crippen molar-refractivity contribution in [2.45, 2.75) is 20.1 Å². The topological polar surface area (TPSA) is 36.4 Å². The van der Waals surface area contributed by atoms with E-state index in [2.05, 4.69) is 4.98 Å². The molecule has 0 saturated carbocycles. The van der Waals surface area contributed by atoms with Crippen LogP contribution in [0.4, 0.5) is 5.82 Å². The number of benzene rings is 1. The smallest absolute Gasteiger partial charge is 0.128 e. The van der Waals surface area contributed by atoms with E-state index in [9.17, 15) is 0 Å². The summed E-state index contributed by atoms with van der Waals surface area (Å²) in [5, 5.41) is 9.91. The zero-order valence-electron chi connectivity index (χ0n) is 11.1. The first kappa shape index (κ1) is 13.8. The fourth-order valence-corrected chi connectivity index (χ4v) is 2.11. The Labute approximate surface area is 118 Å². The Bertz CT molecular complexity index is 572. The highest BCUT2D eigenvalue weighted by Gasteiger charge is 2.08. The summed E-state index contributed by atoms with van der Waals surface area (Å²) >= 11 is 6.15. The first-order valence-corrected chi connectivity index (χ1v) is 6.51. The zero-order valence-corrected chi connectivity index (χ0v) is 11.9. The van der Waals surface area contributed by atoms with E-state index in [1.165, 1.54) is 0 Å². The minimum absolute atomic E-state index is 0.0212. The third kappa shape index (κ3) is 3.25. The second-order valence-electron chi connectivity index (χ2n) is 4.52. The Kier molecular flexibility index (Phi) is 4.40. The number of hydrogen-bond acceptors (Lipinski definition) is 3. The molecular weight excluding hydrogens is 260 g/mol. The van der Waals surface area contributed by atoms with Crippen molar-refractivity contribution in [2.24, 2.45) is 0 Å². The van der Waals surface area contributed by atoms with Crippen LogP contribution in [0, 0.1) is 6.92 Å². The number of pyridine rings is 1. The summed E-state index contributed by atoms with van der Waals surface area (Å²) in [5.74, 6) is 0.870. The lowest BCUT2D eigenvalue weighted by molar-refractivity contribution is 0.280. The number of aliphatic hydroxyl groups excluding tert-OH is 1. The van der Waals surface area contributed by atoms with Crippen molar-refractivity contribution >= 4 is 17.4 Å². The number of aryl methyl sites for hydroxylation is 1. The van der Waals surface area contributed by atoms with Gasteiger partial charge in [0.1, 0.15) is 5.82 Å². The van der Waals surface area contributed by atoms with Gasteiger partial charge in [0, 0.05) is 24.3 Å². The Morgan fingerprint density at radius 3 is 2.53 bits per heavy atom. The van der Waals surface area contributed by atoms with Crippen LogP contribution in [0.3, 0.4) is 0 Å². The number of aromatic nitrogens is 1. The number of rotatable bonds is 4. The van der Waals surface area contributed by atoms with E-state index < -0.39 is 0 Å². The summed E-state index contributed by atoms with van der Waals surface area (Å²) in [7, 11) is 1.98. The fourth-order valence-electron chi connectivity index (χ4n) is 1.92. The van der Waals surface area contributed by atoms with Gasteiger partial charge in [-0.25, -0.2) is 4.98 Å². The molecule has 4 heteroatoms. The van der Waals surface area contributed by atoms with Crippen molar-refractivity contribution in [1.82, 2.24) is 4.98 Å². The summed E-state index contributed by atoms with van der Waals surface area (Å²) in [5.41, 5.74) is 2.78. The van der Waals surface area contributed by atoms with Crippen LogP contribution in [0.5, 0.6) is 0 Å². The molecule has 2 aromatic rings. The highest BCUT2D eigenvalue weighted by molar-refractivity contribution is 6.31. The normalized spacial score (nSPS) is 10.5. The molecule has 0 amide bonds. The first-order chi connectivity index (χ1) is 9.11. The average molecular weight is 277 g/mol. The van der Waals surface area contributed by atoms with E-state index in [-0.39, 0.29) is 6.61 Å². The molecule has 0 bridgehead atoms. The van der Waals surface area contributed by atoms with Crippen LogP contribution >= 0.6 is 11.6 Å². The lowest BCUT2D eigenvalue weighted by Gasteiger charge is -2.20. The molecule has 1 aromatic carbocycles. The predicted molar refractivity (Wildman–Crippen MR) is 78.5 cm³/mol. The predicted octanol–water partition coefficient (Wildman–Crippen LogP) is 3.17. The molecule has 0 atom stereocenters. The van der Waals surface area contributed by atoms with Gasteiger partial charge in [-0.3, -0.25) is 0 Å². The van der Waals surface area contributed by atoms with Gasteiger partial charge in [0.25, 0.3) is 0 Å². The molecule has 2 rings (SSSR count). The number of nitrogens with zero attached hydrogens (tertiary/aromatic N) is 2. The Hall–Kier alpha value is -1.58. The second kappa shape index (κ2) is 6.04. The maximum Gasteiger partial charge on any atom is 0.128 e. The van der Waals surface area contributed by atoms with E-state index >= 15 is 0 Å². The van der Waals surface area contributed by atoms with Crippen molar-refractivity contribution in [3.05, 3.63) is 58.2 Å². The molecule has 0 aliphatic heterocycles. The molecule has 1 N–H and O–H groups in total. The van der Waals surface area contributed by atoms with Gasteiger partial charge in [0.15, 0.2) is 0 Å². The van der Waals surface area contributed by atoms with Gasteiger partial charge in [-0.05, 0) is 30.2 Å². The lowest BCUT2D eigenvalue weighted by atomic mass is 10.2. The van der Waals surface area contributed by atoms with Crippen LogP contribution < -0.4 is 4.90 Å². The highest BCUT2D eigenvalue weighted by atomic mass is 35.5. The fraction of sp³-hybridized carbons (Fsp3) is 0.267. The van der Waals surface area contributed by atoms with E-state index in [0.717, 1.165) is 27.7 Å². The van der Waals surface area contributed by atoms with Gasteiger partial charge in [-0.15, -0.1) is 0 Å². The molecular formula is C15H17ClN2O. The number of hydrogen-bond donors (Lipinski definition) is 1. The van der Waals surface area contributed by atoms with E-state index in [1.54, 1.807) is 0 Å². The van der Waals surface area contributed by atoms with Crippen LogP contribution in [0.2, 0.25) is 5.02 Å². The highest BCUT2D eigenvalue weighted by Crippen LogP contribution is 2.20. The van der Waals surface area contributed by atoms with Crippen LogP contribution in [0.1, 0.15) is 16.8 Å². The molecule has 0 aliphatic carbocycles. The molecule has 0 aliphatic rings. The quantitative estimate of drug-likeness (QED) is 0.932. The van der Waals surface area contributed by atoms with Gasteiger partial charge in [-0.2, -0.15) is 0 Å². The minimum atomic E-state index is 0.0212. The van der Waals surface area contributed by atoms with Crippen molar-refractivity contribution < 1.29 is 5.11 Å². The van der Waals surface area contributed by atoms with Crippen LogP contribution in [0.15, 0.2) is 36.4 Å². The molecule has 1 heterocycles. The third-order valence-corrected chi connectivity index (χ3v) is 3.48. The van der Waals surface area contributed by atoms with E-state index in [1.807, 2.05) is 55.3 Å². The second-order valence-corrected chi connectivity index (χ2v) is 4.93. The summed E-state index contributed by atoms with van der Waals surface area (Å²) in [6.45, 7) is 2.62. The maximum absolute atomic E-state index is 9.15. The van der Waals surface area contributed by atoms with Gasteiger partial charge in [-0.1, -0.05) is 35.9 Å². The van der Waals surface area contributed by atoms with Crippen molar-refractivity contribution in [3.8, 4) is 0 Å². The van der Waals surface area contributed by atoms with E-state index in [0.29, 0.717) is 6.54 Å². The first-order valence-electron chi connectivity index (χ1n) is 6.13. The van der Waals surface area contributed by atoms with Gasteiger partial charge < -0.3 is 10.0 Å². The lowest BCUT2D eigenvalue weighted by Crippen LogP contribution is -2.18. The zero-order chi connectivity index (χ0) is 13.8. The Morgan fingerprint density at radius 2 is 1.89 bits per heavy atom. The standard InChI is InChI=1S/C15H17ClN2O/c1-11-13(10-19)7-8-15(17-11)18(2)9-12-5-3-4-6-14(12)16/h3-8,19H,9-10H2,1-2H3. The third-order valence-electron chi connectivity index (χ3n) is 3.11. The van der Waals surface area contributed by atoms with Crippen molar-refractivity contribution in [2.75, 3.05) is 11.9 Å². The molecule has 0 radical (unpaired) electrons. The molecule has 1 aromatic heterocycles. The van der Waals surface area contributed by atoms with Crippen molar-refractivity contribution in [1.29, 1.82) is 0 Å². The van der Waals surface area contributed by atoms with E-state index in [4.69, 9.17) is 16.7 Å². The van der Waals surface area contributed by atoms with Crippen molar-refractivity contribution in [3.63, 3.8) is 0 Å².